The van der Waals surface area contributed by atoms with Crippen LogP contribution in [-0.2, 0) is 9.53 Å². The lowest BCUT2D eigenvalue weighted by Gasteiger charge is -2.44. The summed E-state index contributed by atoms with van der Waals surface area (Å²) in [6.45, 7) is 2.40. The normalized spacial score (nSPS) is 38.8. The molecule has 3 N–H and O–H groups in total. The minimum atomic E-state index is -0.750. The number of primary amides is 1. The largest absolute Gasteiger partial charge is 0.367 e. The Morgan fingerprint density at radius 2 is 2.50 bits per heavy atom. The quantitative estimate of drug-likeness (QED) is 0.514. The topological polar surface area (TPSA) is 64.3 Å². The second kappa shape index (κ2) is 2.21. The molecular weight excluding hydrogens is 132 g/mol. The molecule has 0 aromatic heterocycles. The second-order valence-electron chi connectivity index (χ2n) is 2.56. The Kier molecular flexibility index (Phi) is 1.66. The Bertz CT molecular complexity index is 156. The first-order valence-electron chi connectivity index (χ1n) is 3.22. The summed E-state index contributed by atoms with van der Waals surface area (Å²) in [7, 11) is 1.50. The Hall–Kier alpha value is -0.610. The highest BCUT2D eigenvalue weighted by molar-refractivity contribution is 5.86. The van der Waals surface area contributed by atoms with Crippen LogP contribution in [0.15, 0.2) is 0 Å². The molecule has 2 unspecified atom stereocenters. The highest BCUT2D eigenvalue weighted by atomic mass is 16.5. The maximum Gasteiger partial charge on any atom is 0.252 e. The number of carbonyl (C=O) groups is 1. The van der Waals surface area contributed by atoms with E-state index in [9.17, 15) is 4.79 Å². The van der Waals surface area contributed by atoms with Gasteiger partial charge in [0.15, 0.2) is 5.60 Å². The summed E-state index contributed by atoms with van der Waals surface area (Å²) in [5.74, 6) is -0.388. The lowest BCUT2D eigenvalue weighted by Crippen LogP contribution is -2.73. The van der Waals surface area contributed by atoms with Crippen LogP contribution in [0.4, 0.5) is 0 Å². The lowest BCUT2D eigenvalue weighted by atomic mass is 9.86. The third-order valence-corrected chi connectivity index (χ3v) is 2.15. The Labute approximate surface area is 59.7 Å². The number of nitrogens with two attached hydrogens (primary N) is 1. The van der Waals surface area contributed by atoms with Gasteiger partial charge in [0.2, 0.25) is 0 Å². The average molecular weight is 144 g/mol. The predicted octanol–water partition coefficient (Wildman–Crippen LogP) is -1.15. The van der Waals surface area contributed by atoms with Gasteiger partial charge in [-0.3, -0.25) is 4.79 Å². The fraction of sp³-hybridized carbons (Fsp3) is 0.833. The first-order valence-corrected chi connectivity index (χ1v) is 3.22. The fourth-order valence-corrected chi connectivity index (χ4v) is 1.14. The zero-order valence-electron chi connectivity index (χ0n) is 6.18. The van der Waals surface area contributed by atoms with E-state index in [-0.39, 0.29) is 11.9 Å². The van der Waals surface area contributed by atoms with E-state index in [1.807, 2.05) is 6.92 Å². The van der Waals surface area contributed by atoms with Crippen LogP contribution in [0.2, 0.25) is 0 Å². The van der Waals surface area contributed by atoms with Crippen LogP contribution in [0.1, 0.15) is 6.92 Å². The van der Waals surface area contributed by atoms with E-state index in [2.05, 4.69) is 5.32 Å². The summed E-state index contributed by atoms with van der Waals surface area (Å²) in [4.78, 5) is 10.8. The van der Waals surface area contributed by atoms with Gasteiger partial charge in [0.25, 0.3) is 5.91 Å². The van der Waals surface area contributed by atoms with Crippen LogP contribution < -0.4 is 11.1 Å². The van der Waals surface area contributed by atoms with Crippen molar-refractivity contribution < 1.29 is 9.53 Å². The lowest BCUT2D eigenvalue weighted by molar-refractivity contribution is -0.153. The molecule has 0 aromatic carbocycles. The summed E-state index contributed by atoms with van der Waals surface area (Å²) in [5.41, 5.74) is 4.38. The summed E-state index contributed by atoms with van der Waals surface area (Å²) >= 11 is 0. The van der Waals surface area contributed by atoms with Crippen molar-refractivity contribution in [2.45, 2.75) is 18.6 Å². The van der Waals surface area contributed by atoms with Crippen LogP contribution in [0.5, 0.6) is 0 Å². The van der Waals surface area contributed by atoms with Crippen molar-refractivity contribution in [3.8, 4) is 0 Å². The molecule has 0 bridgehead atoms. The monoisotopic (exact) mass is 144 g/mol. The third kappa shape index (κ3) is 0.726. The Balaban J connectivity index is 2.69. The molecule has 0 aliphatic carbocycles. The number of ether oxygens (including phenoxy) is 1. The molecule has 1 fully saturated rings. The van der Waals surface area contributed by atoms with Gasteiger partial charge in [-0.15, -0.1) is 0 Å². The van der Waals surface area contributed by atoms with Crippen LogP contribution in [0.3, 0.4) is 0 Å². The smallest absolute Gasteiger partial charge is 0.252 e. The van der Waals surface area contributed by atoms with Gasteiger partial charge in [-0.25, -0.2) is 0 Å². The molecule has 58 valence electrons. The van der Waals surface area contributed by atoms with Gasteiger partial charge in [0.05, 0.1) is 0 Å². The zero-order valence-corrected chi connectivity index (χ0v) is 6.18. The van der Waals surface area contributed by atoms with Crippen LogP contribution in [-0.4, -0.2) is 31.2 Å². The molecule has 4 heteroatoms. The number of methoxy groups -OCH3 is 1. The van der Waals surface area contributed by atoms with Gasteiger partial charge in [0, 0.05) is 19.7 Å². The van der Waals surface area contributed by atoms with Crippen molar-refractivity contribution in [3.63, 3.8) is 0 Å². The first-order chi connectivity index (χ1) is 4.63. The van der Waals surface area contributed by atoms with Gasteiger partial charge in [-0.05, 0) is 6.92 Å². The molecule has 0 aromatic rings. The number of rotatable bonds is 2. The van der Waals surface area contributed by atoms with Gasteiger partial charge in [-0.1, -0.05) is 0 Å². The van der Waals surface area contributed by atoms with Crippen LogP contribution in [0, 0.1) is 0 Å². The van der Waals surface area contributed by atoms with Crippen molar-refractivity contribution in [2.24, 2.45) is 5.73 Å². The maximum absolute atomic E-state index is 10.8. The number of hydrogen-bond acceptors (Lipinski definition) is 3. The summed E-state index contributed by atoms with van der Waals surface area (Å²) in [5, 5.41) is 3.01. The molecule has 1 aliphatic heterocycles. The van der Waals surface area contributed by atoms with E-state index in [1.54, 1.807) is 0 Å². The summed E-state index contributed by atoms with van der Waals surface area (Å²) in [6.07, 6.45) is 0. The van der Waals surface area contributed by atoms with Crippen molar-refractivity contribution >= 4 is 5.91 Å². The molecule has 0 spiro atoms. The SMILES string of the molecule is COC1(C(N)=O)CNC1C. The van der Waals surface area contributed by atoms with Gasteiger partial charge >= 0.3 is 0 Å². The van der Waals surface area contributed by atoms with Crippen molar-refractivity contribution in [1.82, 2.24) is 5.32 Å². The van der Waals surface area contributed by atoms with Crippen LogP contribution >= 0.6 is 0 Å². The molecule has 4 nitrogen and oxygen atoms in total. The first kappa shape index (κ1) is 7.50. The van der Waals surface area contributed by atoms with E-state index < -0.39 is 5.60 Å². The van der Waals surface area contributed by atoms with Gasteiger partial charge in [0.1, 0.15) is 0 Å². The number of amides is 1. The fourth-order valence-electron chi connectivity index (χ4n) is 1.14. The predicted molar refractivity (Wildman–Crippen MR) is 36.4 cm³/mol. The minimum absolute atomic E-state index is 0.0370. The third-order valence-electron chi connectivity index (χ3n) is 2.15. The molecule has 10 heavy (non-hydrogen) atoms. The van der Waals surface area contributed by atoms with Crippen molar-refractivity contribution in [1.29, 1.82) is 0 Å². The summed E-state index contributed by atoms with van der Waals surface area (Å²) in [6, 6.07) is 0.0370. The van der Waals surface area contributed by atoms with E-state index in [1.165, 1.54) is 7.11 Å². The van der Waals surface area contributed by atoms with Crippen molar-refractivity contribution in [3.05, 3.63) is 0 Å². The van der Waals surface area contributed by atoms with E-state index in [0.29, 0.717) is 6.54 Å². The molecule has 2 atom stereocenters. The zero-order chi connectivity index (χ0) is 7.78. The number of hydrogen-bond donors (Lipinski definition) is 2. The Morgan fingerprint density at radius 1 is 1.90 bits per heavy atom. The standard InChI is InChI=1S/C6H12N2O2/c1-4-6(10-2,3-8-4)5(7)9/h4,8H,3H2,1-2H3,(H2,7,9). The molecule has 1 amide bonds. The van der Waals surface area contributed by atoms with Crippen molar-refractivity contribution in [2.75, 3.05) is 13.7 Å². The minimum Gasteiger partial charge on any atom is -0.367 e. The molecular formula is C6H12N2O2. The molecule has 1 saturated heterocycles. The molecule has 0 saturated carbocycles. The molecule has 1 aliphatic rings. The van der Waals surface area contributed by atoms with Gasteiger partial charge in [-0.2, -0.15) is 0 Å². The van der Waals surface area contributed by atoms with E-state index in [0.717, 1.165) is 0 Å². The summed E-state index contributed by atoms with van der Waals surface area (Å²) < 4.78 is 5.01. The highest BCUT2D eigenvalue weighted by Gasteiger charge is 2.49. The molecule has 0 radical (unpaired) electrons. The average Bonchev–Trinajstić information content (AvgIpc) is 1.86. The Morgan fingerprint density at radius 3 is 2.50 bits per heavy atom. The van der Waals surface area contributed by atoms with Crippen LogP contribution in [0.25, 0.3) is 0 Å². The second-order valence-corrected chi connectivity index (χ2v) is 2.56. The number of carbonyl (C=O) groups excluding carboxylic acids is 1. The maximum atomic E-state index is 10.8. The molecule has 1 rings (SSSR count). The molecule has 1 heterocycles. The van der Waals surface area contributed by atoms with Gasteiger partial charge < -0.3 is 15.8 Å². The van der Waals surface area contributed by atoms with E-state index >= 15 is 0 Å². The van der Waals surface area contributed by atoms with E-state index in [4.69, 9.17) is 10.5 Å². The number of nitrogens with one attached hydrogen (secondary N) is 1. The highest BCUT2D eigenvalue weighted by Crippen LogP contribution is 2.21.